The summed E-state index contributed by atoms with van der Waals surface area (Å²) in [6.07, 6.45) is 10.2. The Labute approximate surface area is 168 Å². The van der Waals surface area contributed by atoms with E-state index in [1.165, 1.54) is 0 Å². The molecule has 29 heavy (non-hydrogen) atoms. The van der Waals surface area contributed by atoms with Crippen LogP contribution in [0.2, 0.25) is 0 Å². The van der Waals surface area contributed by atoms with Crippen LogP contribution in [0, 0.1) is 0 Å². The van der Waals surface area contributed by atoms with Crippen molar-refractivity contribution >= 4 is 23.7 Å². The molecular formula is C20H24N6O3. The van der Waals surface area contributed by atoms with Crippen molar-refractivity contribution in [3.63, 3.8) is 0 Å². The second kappa shape index (κ2) is 8.02. The zero-order valence-corrected chi connectivity index (χ0v) is 16.1. The van der Waals surface area contributed by atoms with Crippen molar-refractivity contribution in [3.05, 3.63) is 42.4 Å². The van der Waals surface area contributed by atoms with Crippen LogP contribution < -0.4 is 10.6 Å². The fourth-order valence-electron chi connectivity index (χ4n) is 3.99. The van der Waals surface area contributed by atoms with Crippen molar-refractivity contribution in [1.82, 2.24) is 25.0 Å². The van der Waals surface area contributed by atoms with Crippen LogP contribution in [0.4, 0.5) is 10.6 Å². The molecule has 2 aromatic heterocycles. The van der Waals surface area contributed by atoms with Gasteiger partial charge in [0.15, 0.2) is 5.82 Å². The number of pyridine rings is 1. The third-order valence-corrected chi connectivity index (χ3v) is 5.54. The number of carbonyl (C=O) groups excluding carboxylic acids is 3. The summed E-state index contributed by atoms with van der Waals surface area (Å²) in [5.74, 6) is -0.342. The van der Waals surface area contributed by atoms with Crippen LogP contribution in [0.5, 0.6) is 0 Å². The summed E-state index contributed by atoms with van der Waals surface area (Å²) < 4.78 is 1.74. The lowest BCUT2D eigenvalue weighted by molar-refractivity contribution is -0.134. The van der Waals surface area contributed by atoms with E-state index < -0.39 is 17.5 Å². The van der Waals surface area contributed by atoms with Gasteiger partial charge in [-0.15, -0.1) is 0 Å². The predicted octanol–water partition coefficient (Wildman–Crippen LogP) is 1.71. The molecule has 0 atom stereocenters. The topological polar surface area (TPSA) is 109 Å². The Morgan fingerprint density at radius 3 is 2.66 bits per heavy atom. The van der Waals surface area contributed by atoms with Crippen molar-refractivity contribution in [2.75, 3.05) is 11.9 Å². The monoisotopic (exact) mass is 396 g/mol. The van der Waals surface area contributed by atoms with Crippen LogP contribution in [0.15, 0.2) is 36.8 Å². The first-order valence-electron chi connectivity index (χ1n) is 9.92. The maximum Gasteiger partial charge on any atom is 0.325 e. The van der Waals surface area contributed by atoms with Crippen molar-refractivity contribution < 1.29 is 14.4 Å². The molecule has 2 N–H and O–H groups in total. The highest BCUT2D eigenvalue weighted by atomic mass is 16.2. The van der Waals surface area contributed by atoms with Crippen LogP contribution in [-0.2, 0) is 22.6 Å². The molecule has 1 saturated heterocycles. The normalized spacial score (nSPS) is 18.1. The van der Waals surface area contributed by atoms with Gasteiger partial charge in [0.05, 0.1) is 0 Å². The van der Waals surface area contributed by atoms with Crippen molar-refractivity contribution in [3.8, 4) is 0 Å². The molecule has 0 aromatic carbocycles. The molecule has 4 rings (SSSR count). The van der Waals surface area contributed by atoms with E-state index >= 15 is 0 Å². The van der Waals surface area contributed by atoms with Crippen LogP contribution in [0.25, 0.3) is 0 Å². The molecule has 0 bridgehead atoms. The molecule has 3 heterocycles. The predicted molar refractivity (Wildman–Crippen MR) is 105 cm³/mol. The largest absolute Gasteiger partial charge is 0.325 e. The molecule has 9 heteroatoms. The van der Waals surface area contributed by atoms with Crippen LogP contribution in [0.3, 0.4) is 0 Å². The van der Waals surface area contributed by atoms with Crippen molar-refractivity contribution in [2.24, 2.45) is 0 Å². The molecule has 0 unspecified atom stereocenters. The van der Waals surface area contributed by atoms with Gasteiger partial charge in [0.1, 0.15) is 12.1 Å². The van der Waals surface area contributed by atoms with Gasteiger partial charge in [0.25, 0.3) is 5.91 Å². The van der Waals surface area contributed by atoms with E-state index in [0.717, 1.165) is 36.1 Å². The maximum atomic E-state index is 12.7. The lowest BCUT2D eigenvalue weighted by atomic mass is 9.82. The zero-order valence-electron chi connectivity index (χ0n) is 16.1. The molecule has 0 radical (unpaired) electrons. The summed E-state index contributed by atoms with van der Waals surface area (Å²) >= 11 is 0. The van der Waals surface area contributed by atoms with E-state index in [4.69, 9.17) is 0 Å². The molecule has 4 amide bonds. The average molecular weight is 396 g/mol. The van der Waals surface area contributed by atoms with Gasteiger partial charge in [-0.3, -0.25) is 24.2 Å². The van der Waals surface area contributed by atoms with Crippen LogP contribution in [0.1, 0.15) is 37.7 Å². The van der Waals surface area contributed by atoms with Gasteiger partial charge in [-0.1, -0.05) is 19.3 Å². The summed E-state index contributed by atoms with van der Waals surface area (Å²) in [6, 6.07) is 5.10. The van der Waals surface area contributed by atoms with Crippen molar-refractivity contribution in [1.29, 1.82) is 0 Å². The zero-order chi connectivity index (χ0) is 20.3. The Morgan fingerprint density at radius 2 is 1.90 bits per heavy atom. The number of hydrogen-bond acceptors (Lipinski definition) is 5. The number of carbonyl (C=O) groups is 3. The Morgan fingerprint density at radius 1 is 1.14 bits per heavy atom. The van der Waals surface area contributed by atoms with Gasteiger partial charge < -0.3 is 10.6 Å². The lowest BCUT2D eigenvalue weighted by Crippen LogP contribution is -2.48. The maximum absolute atomic E-state index is 12.7. The average Bonchev–Trinajstić information content (AvgIpc) is 3.26. The number of imide groups is 1. The van der Waals surface area contributed by atoms with Gasteiger partial charge in [-0.2, -0.15) is 5.10 Å². The summed E-state index contributed by atoms with van der Waals surface area (Å²) in [7, 11) is 0. The first-order chi connectivity index (χ1) is 14.1. The third kappa shape index (κ3) is 4.13. The quantitative estimate of drug-likeness (QED) is 0.723. The van der Waals surface area contributed by atoms with E-state index in [9.17, 15) is 14.4 Å². The number of nitrogens with zero attached hydrogens (tertiary/aromatic N) is 4. The molecule has 2 aromatic rings. The van der Waals surface area contributed by atoms with Gasteiger partial charge in [-0.05, 0) is 37.0 Å². The summed E-state index contributed by atoms with van der Waals surface area (Å²) in [6.45, 7) is 0.353. The standard InChI is InChI=1S/C20H24N6O3/c27-17(14-26-18(28)20(23-19(26)29)8-2-1-3-9-20)22-16-7-13-25(24-16)12-6-15-4-10-21-11-5-15/h4-5,7,10-11,13H,1-3,6,8-9,12,14H2,(H,23,29)(H,22,24,27). The number of aromatic nitrogens is 3. The second-order valence-electron chi connectivity index (χ2n) is 7.58. The molecule has 2 fully saturated rings. The van der Waals surface area contributed by atoms with Gasteiger partial charge in [0, 0.05) is 31.2 Å². The number of nitrogens with one attached hydrogen (secondary N) is 2. The Kier molecular flexibility index (Phi) is 5.28. The van der Waals surface area contributed by atoms with Crippen LogP contribution >= 0.6 is 0 Å². The fourth-order valence-corrected chi connectivity index (χ4v) is 3.99. The molecule has 2 aliphatic rings. The summed E-state index contributed by atoms with van der Waals surface area (Å²) in [4.78, 5) is 42.4. The van der Waals surface area contributed by atoms with Gasteiger partial charge >= 0.3 is 6.03 Å². The van der Waals surface area contributed by atoms with Crippen molar-refractivity contribution in [2.45, 2.75) is 50.6 Å². The molecule has 152 valence electrons. The molecule has 1 aliphatic heterocycles. The van der Waals surface area contributed by atoms with E-state index in [0.29, 0.717) is 25.2 Å². The number of anilines is 1. The van der Waals surface area contributed by atoms with Crippen LogP contribution in [-0.4, -0.2) is 49.6 Å². The number of amides is 4. The molecule has 1 saturated carbocycles. The highest BCUT2D eigenvalue weighted by molar-refractivity contribution is 6.10. The number of rotatable bonds is 6. The molecule has 1 spiro atoms. The second-order valence-corrected chi connectivity index (χ2v) is 7.58. The fraction of sp³-hybridized carbons (Fsp3) is 0.450. The lowest BCUT2D eigenvalue weighted by Gasteiger charge is -2.30. The van der Waals surface area contributed by atoms with E-state index in [1.807, 2.05) is 12.1 Å². The highest BCUT2D eigenvalue weighted by Crippen LogP contribution is 2.33. The van der Waals surface area contributed by atoms with Gasteiger partial charge in [-0.25, -0.2) is 4.79 Å². The minimum absolute atomic E-state index is 0.291. The number of aryl methyl sites for hydroxylation is 2. The van der Waals surface area contributed by atoms with E-state index in [-0.39, 0.29) is 12.5 Å². The Hall–Kier alpha value is -3.23. The van der Waals surface area contributed by atoms with E-state index in [1.54, 1.807) is 29.3 Å². The Bertz CT molecular complexity index is 904. The number of urea groups is 1. The third-order valence-electron chi connectivity index (χ3n) is 5.54. The minimum Gasteiger partial charge on any atom is -0.323 e. The van der Waals surface area contributed by atoms with E-state index in [2.05, 4.69) is 20.7 Å². The Balaban J connectivity index is 1.31. The first kappa shape index (κ1) is 19.1. The summed E-state index contributed by atoms with van der Waals surface area (Å²) in [5.41, 5.74) is 0.334. The minimum atomic E-state index is -0.815. The molecular weight excluding hydrogens is 372 g/mol. The smallest absolute Gasteiger partial charge is 0.323 e. The molecule has 1 aliphatic carbocycles. The number of hydrogen-bond donors (Lipinski definition) is 2. The van der Waals surface area contributed by atoms with Gasteiger partial charge in [0.2, 0.25) is 5.91 Å². The summed E-state index contributed by atoms with van der Waals surface area (Å²) in [5, 5.41) is 9.80. The highest BCUT2D eigenvalue weighted by Gasteiger charge is 2.51. The SMILES string of the molecule is O=C(CN1C(=O)NC2(CCCCC2)C1=O)Nc1ccn(CCc2ccncc2)n1. The molecule has 9 nitrogen and oxygen atoms in total. The first-order valence-corrected chi connectivity index (χ1v) is 9.92.